The van der Waals surface area contributed by atoms with Crippen LogP contribution in [0.3, 0.4) is 0 Å². The Balaban J connectivity index is 1.54. The van der Waals surface area contributed by atoms with Crippen molar-refractivity contribution >= 4 is 17.6 Å². The Kier molecular flexibility index (Phi) is 5.71. The standard InChI is InChI=1S/C19H22N6O4/c1-19(2,3)18-21-16(29-23-18)9-5-8-15(26)20-12-6-4-7-13(10-12)25-11-14(17(27)28)22-24-25/h4,6-7,10-11H,5,8-9H2,1-3H3,(H,20,26)(H,27,28). The summed E-state index contributed by atoms with van der Waals surface area (Å²) < 4.78 is 6.56. The van der Waals surface area contributed by atoms with Crippen LogP contribution in [0.1, 0.15) is 55.8 Å². The summed E-state index contributed by atoms with van der Waals surface area (Å²) in [7, 11) is 0. The summed E-state index contributed by atoms with van der Waals surface area (Å²) in [6.07, 6.45) is 2.69. The Morgan fingerprint density at radius 1 is 1.28 bits per heavy atom. The molecule has 2 N–H and O–H groups in total. The minimum atomic E-state index is -1.16. The molecule has 3 rings (SSSR count). The van der Waals surface area contributed by atoms with Gasteiger partial charge in [0.05, 0.1) is 11.9 Å². The lowest BCUT2D eigenvalue weighted by Gasteiger charge is -2.10. The first-order valence-electron chi connectivity index (χ1n) is 9.11. The average Bonchev–Trinajstić information content (AvgIpc) is 3.31. The highest BCUT2D eigenvalue weighted by atomic mass is 16.5. The Morgan fingerprint density at radius 2 is 2.07 bits per heavy atom. The number of aryl methyl sites for hydroxylation is 1. The lowest BCUT2D eigenvalue weighted by Crippen LogP contribution is -2.13. The number of rotatable bonds is 7. The number of carbonyl (C=O) groups excluding carboxylic acids is 1. The normalized spacial score (nSPS) is 11.4. The van der Waals surface area contributed by atoms with E-state index in [1.165, 1.54) is 10.9 Å². The van der Waals surface area contributed by atoms with Gasteiger partial charge in [0.15, 0.2) is 11.5 Å². The fourth-order valence-corrected chi connectivity index (χ4v) is 2.50. The van der Waals surface area contributed by atoms with Gasteiger partial charge in [0, 0.05) is 23.9 Å². The molecular weight excluding hydrogens is 376 g/mol. The molecule has 152 valence electrons. The lowest BCUT2D eigenvalue weighted by atomic mass is 9.96. The minimum absolute atomic E-state index is 0.150. The van der Waals surface area contributed by atoms with Crippen molar-refractivity contribution in [3.63, 3.8) is 0 Å². The van der Waals surface area contributed by atoms with Crippen LogP contribution in [0.4, 0.5) is 5.69 Å². The molecule has 29 heavy (non-hydrogen) atoms. The van der Waals surface area contributed by atoms with Gasteiger partial charge in [0.1, 0.15) is 0 Å². The molecule has 0 spiro atoms. The van der Waals surface area contributed by atoms with Gasteiger partial charge < -0.3 is 14.9 Å². The Hall–Kier alpha value is -3.56. The van der Waals surface area contributed by atoms with Crippen molar-refractivity contribution in [2.45, 2.75) is 45.4 Å². The number of anilines is 1. The maximum absolute atomic E-state index is 12.2. The zero-order chi connectivity index (χ0) is 21.0. The van der Waals surface area contributed by atoms with Crippen LogP contribution in [0.5, 0.6) is 0 Å². The van der Waals surface area contributed by atoms with E-state index in [4.69, 9.17) is 9.63 Å². The second kappa shape index (κ2) is 8.21. The van der Waals surface area contributed by atoms with Crippen molar-refractivity contribution in [3.8, 4) is 5.69 Å². The number of hydrogen-bond acceptors (Lipinski definition) is 7. The largest absolute Gasteiger partial charge is 0.476 e. The van der Waals surface area contributed by atoms with Gasteiger partial charge in [0.25, 0.3) is 0 Å². The number of nitrogens with one attached hydrogen (secondary N) is 1. The highest BCUT2D eigenvalue weighted by Gasteiger charge is 2.20. The van der Waals surface area contributed by atoms with Crippen LogP contribution in [0.2, 0.25) is 0 Å². The summed E-state index contributed by atoms with van der Waals surface area (Å²) in [6, 6.07) is 6.90. The summed E-state index contributed by atoms with van der Waals surface area (Å²) in [5.41, 5.74) is 0.825. The molecule has 0 saturated carbocycles. The smallest absolute Gasteiger partial charge is 0.358 e. The minimum Gasteiger partial charge on any atom is -0.476 e. The first kappa shape index (κ1) is 20.2. The van der Waals surface area contributed by atoms with Crippen LogP contribution in [-0.2, 0) is 16.6 Å². The highest BCUT2D eigenvalue weighted by molar-refractivity contribution is 5.91. The van der Waals surface area contributed by atoms with Crippen molar-refractivity contribution in [1.82, 2.24) is 25.1 Å². The van der Waals surface area contributed by atoms with E-state index < -0.39 is 5.97 Å². The van der Waals surface area contributed by atoms with E-state index in [0.29, 0.717) is 42.4 Å². The molecule has 0 aliphatic carbocycles. The maximum atomic E-state index is 12.2. The van der Waals surface area contributed by atoms with E-state index in [9.17, 15) is 9.59 Å². The number of benzene rings is 1. The first-order chi connectivity index (χ1) is 13.7. The first-order valence-corrected chi connectivity index (χ1v) is 9.11. The second-order valence-corrected chi connectivity index (χ2v) is 7.57. The van der Waals surface area contributed by atoms with Crippen molar-refractivity contribution in [1.29, 1.82) is 0 Å². The van der Waals surface area contributed by atoms with Crippen LogP contribution < -0.4 is 5.32 Å². The summed E-state index contributed by atoms with van der Waals surface area (Å²) in [5, 5.41) is 23.1. The number of aromatic carboxylic acids is 1. The van der Waals surface area contributed by atoms with Gasteiger partial charge >= 0.3 is 5.97 Å². The van der Waals surface area contributed by atoms with Crippen LogP contribution in [0.25, 0.3) is 5.69 Å². The average molecular weight is 398 g/mol. The predicted octanol–water partition coefficient (Wildman–Crippen LogP) is 2.61. The number of nitrogens with zero attached hydrogens (tertiary/aromatic N) is 5. The molecule has 0 saturated heterocycles. The summed E-state index contributed by atoms with van der Waals surface area (Å²) >= 11 is 0. The summed E-state index contributed by atoms with van der Waals surface area (Å²) in [6.45, 7) is 6.01. The third-order valence-corrected chi connectivity index (χ3v) is 4.04. The van der Waals surface area contributed by atoms with Crippen molar-refractivity contribution in [2.75, 3.05) is 5.32 Å². The highest BCUT2D eigenvalue weighted by Crippen LogP contribution is 2.19. The molecule has 3 aromatic rings. The van der Waals surface area contributed by atoms with Gasteiger partial charge in [-0.15, -0.1) is 5.10 Å². The van der Waals surface area contributed by atoms with Crippen molar-refractivity contribution in [2.24, 2.45) is 0 Å². The Bertz CT molecular complexity index is 1020. The number of amides is 1. The van der Waals surface area contributed by atoms with Gasteiger partial charge in [-0.1, -0.05) is 37.2 Å². The summed E-state index contributed by atoms with van der Waals surface area (Å²) in [4.78, 5) is 27.5. The van der Waals surface area contributed by atoms with Crippen LogP contribution in [0.15, 0.2) is 35.0 Å². The molecule has 10 heteroatoms. The van der Waals surface area contributed by atoms with Gasteiger partial charge in [-0.05, 0) is 24.6 Å². The Labute approximate surface area is 166 Å². The van der Waals surface area contributed by atoms with E-state index >= 15 is 0 Å². The van der Waals surface area contributed by atoms with E-state index in [0.717, 1.165) is 0 Å². The number of hydrogen-bond donors (Lipinski definition) is 2. The van der Waals surface area contributed by atoms with Crippen molar-refractivity contribution < 1.29 is 19.2 Å². The fraction of sp³-hybridized carbons (Fsp3) is 0.368. The lowest BCUT2D eigenvalue weighted by molar-refractivity contribution is -0.116. The van der Waals surface area contributed by atoms with E-state index in [-0.39, 0.29) is 17.0 Å². The molecular formula is C19H22N6O4. The number of carboxylic acid groups (broad SMARTS) is 1. The van der Waals surface area contributed by atoms with E-state index in [2.05, 4.69) is 25.8 Å². The zero-order valence-electron chi connectivity index (χ0n) is 16.4. The molecule has 0 radical (unpaired) electrons. The quantitative estimate of drug-likeness (QED) is 0.620. The number of carbonyl (C=O) groups is 2. The van der Waals surface area contributed by atoms with Gasteiger partial charge in [0.2, 0.25) is 11.8 Å². The molecule has 2 heterocycles. The molecule has 10 nitrogen and oxygen atoms in total. The molecule has 0 atom stereocenters. The SMILES string of the molecule is CC(C)(C)c1noc(CCCC(=O)Nc2cccc(-n3cc(C(=O)O)nn3)c2)n1. The number of aromatic nitrogens is 5. The third-order valence-electron chi connectivity index (χ3n) is 4.04. The van der Waals surface area contributed by atoms with Crippen LogP contribution in [0, 0.1) is 0 Å². The Morgan fingerprint density at radius 3 is 2.72 bits per heavy atom. The fourth-order valence-electron chi connectivity index (χ4n) is 2.50. The zero-order valence-corrected chi connectivity index (χ0v) is 16.4. The van der Waals surface area contributed by atoms with Crippen LogP contribution >= 0.6 is 0 Å². The van der Waals surface area contributed by atoms with E-state index in [1.807, 2.05) is 20.8 Å². The molecule has 0 unspecified atom stereocenters. The molecule has 1 aromatic carbocycles. The maximum Gasteiger partial charge on any atom is 0.358 e. The molecule has 2 aromatic heterocycles. The molecule has 0 aliphatic heterocycles. The van der Waals surface area contributed by atoms with E-state index in [1.54, 1.807) is 24.3 Å². The topological polar surface area (TPSA) is 136 Å². The van der Waals surface area contributed by atoms with Gasteiger partial charge in [-0.3, -0.25) is 4.79 Å². The second-order valence-electron chi connectivity index (χ2n) is 7.57. The molecule has 0 fully saturated rings. The molecule has 1 amide bonds. The summed E-state index contributed by atoms with van der Waals surface area (Å²) in [5.74, 6) is -0.142. The monoisotopic (exact) mass is 398 g/mol. The van der Waals surface area contributed by atoms with Crippen molar-refractivity contribution in [3.05, 3.63) is 47.9 Å². The third kappa shape index (κ3) is 5.24. The van der Waals surface area contributed by atoms with Gasteiger partial charge in [-0.25, -0.2) is 9.48 Å². The molecule has 0 aliphatic rings. The van der Waals surface area contributed by atoms with Crippen LogP contribution in [-0.4, -0.2) is 42.1 Å². The molecule has 0 bridgehead atoms. The predicted molar refractivity (Wildman–Crippen MR) is 103 cm³/mol. The number of carboxylic acids is 1. The van der Waals surface area contributed by atoms with Gasteiger partial charge in [-0.2, -0.15) is 4.98 Å².